The van der Waals surface area contributed by atoms with Crippen LogP contribution in [0.25, 0.3) is 0 Å². The van der Waals surface area contributed by atoms with E-state index in [0.717, 1.165) is 32.2 Å². The first-order chi connectivity index (χ1) is 8.24. The molecule has 0 atom stereocenters. The Morgan fingerprint density at radius 1 is 1.18 bits per heavy atom. The summed E-state index contributed by atoms with van der Waals surface area (Å²) in [6.07, 6.45) is 4.83. The molecule has 1 aromatic rings. The average Bonchev–Trinajstić information content (AvgIpc) is 2.72. The zero-order chi connectivity index (χ0) is 11.8. The van der Waals surface area contributed by atoms with Gasteiger partial charge < -0.3 is 4.90 Å². The van der Waals surface area contributed by atoms with E-state index in [1.54, 1.807) is 0 Å². The Balaban J connectivity index is 1.83. The molecule has 1 heterocycles. The van der Waals surface area contributed by atoms with Gasteiger partial charge in [-0.1, -0.05) is 12.1 Å². The van der Waals surface area contributed by atoms with Crippen LogP contribution in [0.2, 0.25) is 0 Å². The lowest BCUT2D eigenvalue weighted by Gasteiger charge is -2.22. The quantitative estimate of drug-likeness (QED) is 0.738. The number of fused-ring (bicyclic) bond motifs is 1. The maximum atomic E-state index is 11.3. The standard InChI is InChI=1S/C15H19NO/c1-16-9-8-13-10-12(4-7-15(13)16)11-2-5-14(17)6-3-11/h4,7,10-11H,2-3,5-6,8-9H2,1H3. The average molecular weight is 229 g/mol. The van der Waals surface area contributed by atoms with Crippen LogP contribution < -0.4 is 4.90 Å². The maximum absolute atomic E-state index is 11.3. The first kappa shape index (κ1) is 10.8. The molecule has 0 spiro atoms. The van der Waals surface area contributed by atoms with Gasteiger partial charge in [-0.05, 0) is 42.4 Å². The van der Waals surface area contributed by atoms with E-state index in [9.17, 15) is 4.79 Å². The Labute approximate surface area is 103 Å². The van der Waals surface area contributed by atoms with Crippen LogP contribution in [-0.4, -0.2) is 19.4 Å². The highest BCUT2D eigenvalue weighted by molar-refractivity contribution is 5.79. The van der Waals surface area contributed by atoms with Crippen molar-refractivity contribution in [2.24, 2.45) is 0 Å². The second-order valence-electron chi connectivity index (χ2n) is 5.37. The molecular weight excluding hydrogens is 210 g/mol. The minimum Gasteiger partial charge on any atom is -0.374 e. The van der Waals surface area contributed by atoms with Crippen LogP contribution >= 0.6 is 0 Å². The summed E-state index contributed by atoms with van der Waals surface area (Å²) >= 11 is 0. The van der Waals surface area contributed by atoms with Gasteiger partial charge >= 0.3 is 0 Å². The zero-order valence-corrected chi connectivity index (χ0v) is 10.4. The first-order valence-electron chi connectivity index (χ1n) is 6.60. The van der Waals surface area contributed by atoms with Crippen molar-refractivity contribution < 1.29 is 4.79 Å². The van der Waals surface area contributed by atoms with Crippen LogP contribution in [0.1, 0.15) is 42.7 Å². The molecule has 3 rings (SSSR count). The summed E-state index contributed by atoms with van der Waals surface area (Å²) < 4.78 is 0. The summed E-state index contributed by atoms with van der Waals surface area (Å²) in [5.41, 5.74) is 4.33. The number of rotatable bonds is 1. The number of likely N-dealkylation sites (N-methyl/N-ethyl adjacent to an activating group) is 1. The number of anilines is 1. The molecule has 2 heteroatoms. The van der Waals surface area contributed by atoms with Crippen LogP contribution in [0.5, 0.6) is 0 Å². The smallest absolute Gasteiger partial charge is 0.132 e. The fourth-order valence-electron chi connectivity index (χ4n) is 3.11. The number of benzene rings is 1. The van der Waals surface area contributed by atoms with Crippen LogP contribution in [0.3, 0.4) is 0 Å². The zero-order valence-electron chi connectivity index (χ0n) is 10.4. The predicted molar refractivity (Wildman–Crippen MR) is 69.6 cm³/mol. The van der Waals surface area contributed by atoms with E-state index >= 15 is 0 Å². The van der Waals surface area contributed by atoms with E-state index < -0.39 is 0 Å². The third-order valence-electron chi connectivity index (χ3n) is 4.25. The van der Waals surface area contributed by atoms with Gasteiger partial charge in [0.25, 0.3) is 0 Å². The molecule has 0 N–H and O–H groups in total. The minimum absolute atomic E-state index is 0.446. The Bertz CT molecular complexity index is 442. The van der Waals surface area contributed by atoms with Crippen molar-refractivity contribution >= 4 is 11.5 Å². The van der Waals surface area contributed by atoms with Crippen molar-refractivity contribution in [2.75, 3.05) is 18.5 Å². The van der Waals surface area contributed by atoms with E-state index in [1.807, 2.05) is 0 Å². The second kappa shape index (κ2) is 4.17. The fraction of sp³-hybridized carbons (Fsp3) is 0.533. The summed E-state index contributed by atoms with van der Waals surface area (Å²) in [6.45, 7) is 1.14. The summed E-state index contributed by atoms with van der Waals surface area (Å²) in [4.78, 5) is 13.6. The van der Waals surface area contributed by atoms with E-state index in [4.69, 9.17) is 0 Å². The number of carbonyl (C=O) groups is 1. The van der Waals surface area contributed by atoms with Gasteiger partial charge in [0.05, 0.1) is 0 Å². The molecule has 0 saturated heterocycles. The summed E-state index contributed by atoms with van der Waals surface area (Å²) in [5, 5.41) is 0. The van der Waals surface area contributed by atoms with Gasteiger partial charge in [-0.25, -0.2) is 0 Å². The summed E-state index contributed by atoms with van der Waals surface area (Å²) in [7, 11) is 2.16. The highest BCUT2D eigenvalue weighted by Gasteiger charge is 2.22. The van der Waals surface area contributed by atoms with Crippen LogP contribution in [0.4, 0.5) is 5.69 Å². The molecule has 1 aromatic carbocycles. The Kier molecular flexibility index (Phi) is 2.65. The van der Waals surface area contributed by atoms with Crippen LogP contribution in [0.15, 0.2) is 18.2 Å². The molecule has 0 unspecified atom stereocenters. The molecule has 1 aliphatic heterocycles. The van der Waals surface area contributed by atoms with Crippen LogP contribution in [-0.2, 0) is 11.2 Å². The van der Waals surface area contributed by atoms with Gasteiger partial charge in [-0.15, -0.1) is 0 Å². The van der Waals surface area contributed by atoms with Crippen molar-refractivity contribution in [1.29, 1.82) is 0 Å². The number of carbonyl (C=O) groups excluding carboxylic acids is 1. The number of Topliss-reactive ketones (excluding diaryl/α,β-unsaturated/α-hetero) is 1. The van der Waals surface area contributed by atoms with Crippen LogP contribution in [0, 0.1) is 0 Å². The number of nitrogens with zero attached hydrogens (tertiary/aromatic N) is 1. The van der Waals surface area contributed by atoms with Crippen molar-refractivity contribution in [1.82, 2.24) is 0 Å². The van der Waals surface area contributed by atoms with Crippen molar-refractivity contribution in [3.8, 4) is 0 Å². The lowest BCUT2D eigenvalue weighted by atomic mass is 9.83. The highest BCUT2D eigenvalue weighted by Crippen LogP contribution is 2.35. The Hall–Kier alpha value is -1.31. The normalized spacial score (nSPS) is 20.8. The number of ketones is 1. The predicted octanol–water partition coefficient (Wildman–Crippen LogP) is 2.91. The van der Waals surface area contributed by atoms with Gasteiger partial charge in [0, 0.05) is 32.1 Å². The lowest BCUT2D eigenvalue weighted by Crippen LogP contribution is -2.13. The van der Waals surface area contributed by atoms with Crippen molar-refractivity contribution in [3.63, 3.8) is 0 Å². The largest absolute Gasteiger partial charge is 0.374 e. The molecule has 0 radical (unpaired) electrons. The number of hydrogen-bond donors (Lipinski definition) is 0. The second-order valence-corrected chi connectivity index (χ2v) is 5.37. The molecule has 2 nitrogen and oxygen atoms in total. The lowest BCUT2D eigenvalue weighted by molar-refractivity contribution is -0.120. The van der Waals surface area contributed by atoms with Gasteiger partial charge in [-0.2, -0.15) is 0 Å². The molecule has 1 aliphatic carbocycles. The molecule has 90 valence electrons. The van der Waals surface area contributed by atoms with Gasteiger partial charge in [0.1, 0.15) is 5.78 Å². The molecule has 2 aliphatic rings. The Morgan fingerprint density at radius 2 is 1.94 bits per heavy atom. The Morgan fingerprint density at radius 3 is 2.71 bits per heavy atom. The molecule has 1 fully saturated rings. The van der Waals surface area contributed by atoms with Gasteiger partial charge in [0.2, 0.25) is 0 Å². The molecule has 0 amide bonds. The molecular formula is C15H19NO. The third kappa shape index (κ3) is 1.97. The van der Waals surface area contributed by atoms with Gasteiger partial charge in [0.15, 0.2) is 0 Å². The first-order valence-corrected chi connectivity index (χ1v) is 6.60. The van der Waals surface area contributed by atoms with Crippen molar-refractivity contribution in [2.45, 2.75) is 38.0 Å². The minimum atomic E-state index is 0.446. The maximum Gasteiger partial charge on any atom is 0.132 e. The molecule has 1 saturated carbocycles. The topological polar surface area (TPSA) is 20.3 Å². The van der Waals surface area contributed by atoms with Crippen molar-refractivity contribution in [3.05, 3.63) is 29.3 Å². The SMILES string of the molecule is CN1CCc2cc(C3CCC(=O)CC3)ccc21. The van der Waals surface area contributed by atoms with Gasteiger partial charge in [-0.3, -0.25) is 4.79 Å². The summed E-state index contributed by atoms with van der Waals surface area (Å²) in [6, 6.07) is 6.90. The van der Waals surface area contributed by atoms with E-state index in [-0.39, 0.29) is 0 Å². The van der Waals surface area contributed by atoms with E-state index in [1.165, 1.54) is 23.2 Å². The van der Waals surface area contributed by atoms with E-state index in [0.29, 0.717) is 11.7 Å². The molecule has 0 aromatic heterocycles. The molecule has 17 heavy (non-hydrogen) atoms. The monoisotopic (exact) mass is 229 g/mol. The fourth-order valence-corrected chi connectivity index (χ4v) is 3.11. The number of hydrogen-bond acceptors (Lipinski definition) is 2. The molecule has 0 bridgehead atoms. The summed E-state index contributed by atoms with van der Waals surface area (Å²) in [5.74, 6) is 1.06. The highest BCUT2D eigenvalue weighted by atomic mass is 16.1. The van der Waals surface area contributed by atoms with E-state index in [2.05, 4.69) is 30.1 Å². The third-order valence-corrected chi connectivity index (χ3v) is 4.25.